The van der Waals surface area contributed by atoms with Crippen molar-refractivity contribution in [3.63, 3.8) is 0 Å². The van der Waals surface area contributed by atoms with Gasteiger partial charge in [-0.3, -0.25) is 0 Å². The highest BCUT2D eigenvalue weighted by Crippen LogP contribution is 2.26. The molecule has 2 aromatic rings. The quantitative estimate of drug-likeness (QED) is 0.731. The highest BCUT2D eigenvalue weighted by atomic mass is 14.3. The number of benzene rings is 2. The predicted molar refractivity (Wildman–Crippen MR) is 93.9 cm³/mol. The second-order valence-electron chi connectivity index (χ2n) is 6.54. The normalized spacial score (nSPS) is 12.6. The van der Waals surface area contributed by atoms with Gasteiger partial charge < -0.3 is 0 Å². The van der Waals surface area contributed by atoms with E-state index in [0.29, 0.717) is 10.4 Å². The summed E-state index contributed by atoms with van der Waals surface area (Å²) in [6.07, 6.45) is 3.30. The molecule has 4 nitrogen and oxygen atoms in total. The Kier molecular flexibility index (Phi) is 3.55. The van der Waals surface area contributed by atoms with E-state index in [1.165, 1.54) is 32.7 Å². The van der Waals surface area contributed by atoms with Gasteiger partial charge in [0.15, 0.2) is 0 Å². The average Bonchev–Trinajstić information content (AvgIpc) is 2.67. The molecule has 0 bridgehead atoms. The number of rotatable bonds is 0. The van der Waals surface area contributed by atoms with Gasteiger partial charge in [0.2, 0.25) is 0 Å². The lowest BCUT2D eigenvalue weighted by atomic mass is 9.82. The van der Waals surface area contributed by atoms with Crippen LogP contribution in [0.15, 0.2) is 24.3 Å². The van der Waals surface area contributed by atoms with Gasteiger partial charge in [0.05, 0.1) is 0 Å². The number of hydrogen-bond acceptors (Lipinski definition) is 4. The highest BCUT2D eigenvalue weighted by molar-refractivity contribution is 5.73. The molecule has 0 atom stereocenters. The van der Waals surface area contributed by atoms with Crippen LogP contribution in [0.5, 0.6) is 0 Å². The third-order valence-electron chi connectivity index (χ3n) is 5.21. The van der Waals surface area contributed by atoms with E-state index in [4.69, 9.17) is 0 Å². The van der Waals surface area contributed by atoms with Gasteiger partial charge in [-0.1, -0.05) is 0 Å². The van der Waals surface area contributed by atoms with E-state index in [0.717, 1.165) is 25.7 Å². The van der Waals surface area contributed by atoms with Crippen molar-refractivity contribution in [2.75, 3.05) is 0 Å². The highest BCUT2D eigenvalue weighted by Gasteiger charge is 2.19. The van der Waals surface area contributed by atoms with E-state index in [9.17, 15) is 21.0 Å². The molecule has 120 valence electrons. The standard InChI is InChI=1S/C22H12N4/c23-9-19(10-24)17-5-13-1-2-14-6-18(20(11-25)12-26)8-16-4-3-15(7-17)21(13)22(14)16/h5-8H,1-4H2. The van der Waals surface area contributed by atoms with Crippen LogP contribution >= 0.6 is 0 Å². The van der Waals surface area contributed by atoms with E-state index in [1.54, 1.807) is 0 Å². The molecule has 2 aliphatic carbocycles. The van der Waals surface area contributed by atoms with Crippen molar-refractivity contribution in [2.24, 2.45) is 0 Å². The van der Waals surface area contributed by atoms with E-state index < -0.39 is 0 Å². The Morgan fingerprint density at radius 1 is 0.538 bits per heavy atom. The molecule has 0 aliphatic heterocycles. The number of aryl methyl sites for hydroxylation is 4. The lowest BCUT2D eigenvalue weighted by molar-refractivity contribution is 0.837. The lowest BCUT2D eigenvalue weighted by Gasteiger charge is -2.22. The predicted octanol–water partition coefficient (Wildman–Crippen LogP) is 1.57. The fraction of sp³-hybridized carbons (Fsp3) is 0.182. The van der Waals surface area contributed by atoms with Crippen LogP contribution in [0.2, 0.25) is 0 Å². The summed E-state index contributed by atoms with van der Waals surface area (Å²) in [5, 5.41) is 40.6. The average molecular weight is 332 g/mol. The minimum atomic E-state index is 0.151. The van der Waals surface area contributed by atoms with Gasteiger partial charge in [0.25, 0.3) is 0 Å². The van der Waals surface area contributed by atoms with Gasteiger partial charge in [0, 0.05) is 10.4 Å². The Morgan fingerprint density at radius 2 is 0.808 bits per heavy atom. The molecule has 2 aromatic carbocycles. The first-order chi connectivity index (χ1) is 12.7. The van der Waals surface area contributed by atoms with Crippen LogP contribution in [0.4, 0.5) is 0 Å². The Balaban J connectivity index is 2.22. The summed E-state index contributed by atoms with van der Waals surface area (Å²) in [7, 11) is 0. The fourth-order valence-corrected chi connectivity index (χ4v) is 4.10. The van der Waals surface area contributed by atoms with Crippen molar-refractivity contribution in [3.05, 3.63) is 67.4 Å². The van der Waals surface area contributed by atoms with Crippen molar-refractivity contribution in [3.8, 4) is 24.3 Å². The second kappa shape index (κ2) is 5.89. The van der Waals surface area contributed by atoms with Crippen LogP contribution in [0.25, 0.3) is 11.1 Å². The Hall–Kier alpha value is -3.86. The van der Waals surface area contributed by atoms with Crippen LogP contribution in [0.1, 0.15) is 22.3 Å². The van der Waals surface area contributed by atoms with E-state index in [1.807, 2.05) is 48.5 Å². The lowest BCUT2D eigenvalue weighted by Crippen LogP contribution is -2.20. The van der Waals surface area contributed by atoms with Gasteiger partial charge >= 0.3 is 0 Å². The molecular formula is C22H12N4. The molecule has 0 unspecified atom stereocenters. The van der Waals surface area contributed by atoms with Crippen molar-refractivity contribution < 1.29 is 0 Å². The van der Waals surface area contributed by atoms with Gasteiger partial charge in [-0.05, 0) is 82.6 Å². The molecule has 0 N–H and O–H groups in total. The zero-order valence-electron chi connectivity index (χ0n) is 13.9. The monoisotopic (exact) mass is 332 g/mol. The van der Waals surface area contributed by atoms with Crippen molar-refractivity contribution in [2.45, 2.75) is 25.7 Å². The van der Waals surface area contributed by atoms with Crippen LogP contribution in [0.3, 0.4) is 0 Å². The summed E-state index contributed by atoms with van der Waals surface area (Å²) in [4.78, 5) is 0. The van der Waals surface area contributed by atoms with E-state index in [-0.39, 0.29) is 11.1 Å². The first kappa shape index (κ1) is 15.7. The minimum Gasteiger partial charge on any atom is -0.192 e. The zero-order chi connectivity index (χ0) is 18.3. The summed E-state index contributed by atoms with van der Waals surface area (Å²) in [5.74, 6) is 0. The second-order valence-corrected chi connectivity index (χ2v) is 6.54. The molecule has 0 amide bonds. The van der Waals surface area contributed by atoms with Crippen molar-refractivity contribution in [1.82, 2.24) is 0 Å². The number of hydrogen-bond donors (Lipinski definition) is 0. The summed E-state index contributed by atoms with van der Waals surface area (Å²) in [5.41, 5.74) is 4.99. The third-order valence-corrected chi connectivity index (χ3v) is 5.21. The Labute approximate surface area is 150 Å². The van der Waals surface area contributed by atoms with Crippen LogP contribution in [-0.4, -0.2) is 0 Å². The number of nitrogens with zero attached hydrogens (tertiary/aromatic N) is 4. The summed E-state index contributed by atoms with van der Waals surface area (Å²) in [6, 6.07) is 15.8. The molecule has 4 rings (SSSR count). The smallest absolute Gasteiger partial charge is 0.136 e. The van der Waals surface area contributed by atoms with E-state index in [2.05, 4.69) is 0 Å². The summed E-state index contributed by atoms with van der Waals surface area (Å²) in [6.45, 7) is 0. The molecule has 0 fully saturated rings. The SMILES string of the molecule is N#CC(C#N)=c1cc2c3c(c1)CCc1cc(=C(C#N)C#N)cc(c1=3)CC2. The Morgan fingerprint density at radius 3 is 1.04 bits per heavy atom. The molecule has 26 heavy (non-hydrogen) atoms. The molecule has 0 aromatic heterocycles. The maximum absolute atomic E-state index is 9.18. The fourth-order valence-electron chi connectivity index (χ4n) is 4.10. The third kappa shape index (κ3) is 2.18. The maximum Gasteiger partial charge on any atom is 0.136 e. The molecule has 0 saturated heterocycles. The number of nitriles is 4. The summed E-state index contributed by atoms with van der Waals surface area (Å²) >= 11 is 0. The van der Waals surface area contributed by atoms with Gasteiger partial charge in [-0.15, -0.1) is 0 Å². The topological polar surface area (TPSA) is 95.2 Å². The molecular weight excluding hydrogens is 320 g/mol. The first-order valence-electron chi connectivity index (χ1n) is 8.37. The molecule has 0 spiro atoms. The summed E-state index contributed by atoms with van der Waals surface area (Å²) < 4.78 is 0. The molecule has 0 saturated carbocycles. The van der Waals surface area contributed by atoms with Gasteiger partial charge in [-0.25, -0.2) is 0 Å². The molecule has 4 heteroatoms. The van der Waals surface area contributed by atoms with Crippen LogP contribution in [0, 0.1) is 55.8 Å². The van der Waals surface area contributed by atoms with Crippen molar-refractivity contribution in [1.29, 1.82) is 21.0 Å². The largest absolute Gasteiger partial charge is 0.192 e. The minimum absolute atomic E-state index is 0.151. The maximum atomic E-state index is 9.18. The Bertz CT molecular complexity index is 1170. The van der Waals surface area contributed by atoms with E-state index >= 15 is 0 Å². The zero-order valence-corrected chi connectivity index (χ0v) is 13.9. The van der Waals surface area contributed by atoms with Crippen molar-refractivity contribution >= 4 is 11.1 Å². The van der Waals surface area contributed by atoms with Gasteiger partial charge in [-0.2, -0.15) is 21.0 Å². The van der Waals surface area contributed by atoms with Crippen LogP contribution in [-0.2, 0) is 25.7 Å². The molecule has 0 radical (unpaired) electrons. The van der Waals surface area contributed by atoms with Gasteiger partial charge in [0.1, 0.15) is 35.4 Å². The first-order valence-corrected chi connectivity index (χ1v) is 8.37. The van der Waals surface area contributed by atoms with Crippen LogP contribution < -0.4 is 10.4 Å². The molecule has 0 heterocycles. The molecule has 2 aliphatic rings.